The van der Waals surface area contributed by atoms with Gasteiger partial charge in [0.05, 0.1) is 17.2 Å². The van der Waals surface area contributed by atoms with Crippen molar-refractivity contribution in [2.75, 3.05) is 19.3 Å². The highest BCUT2D eigenvalue weighted by Crippen LogP contribution is 2.09. The van der Waals surface area contributed by atoms with Crippen LogP contribution in [-0.2, 0) is 13.0 Å². The molecule has 0 aliphatic rings. The minimum Gasteiger partial charge on any atom is -0.383 e. The SMILES string of the molecule is CN/C(=C\[N+](=O)[O-])NCCc1cn(Cc2cnc(C)nc2N)nn1. The van der Waals surface area contributed by atoms with Crippen LogP contribution in [0.5, 0.6) is 0 Å². The van der Waals surface area contributed by atoms with Crippen LogP contribution in [0.4, 0.5) is 5.82 Å². The molecule has 0 saturated carbocycles. The van der Waals surface area contributed by atoms with E-state index in [0.29, 0.717) is 37.0 Å². The van der Waals surface area contributed by atoms with Crippen LogP contribution in [0.2, 0.25) is 0 Å². The number of rotatable bonds is 8. The van der Waals surface area contributed by atoms with Crippen molar-refractivity contribution < 1.29 is 4.92 Å². The summed E-state index contributed by atoms with van der Waals surface area (Å²) < 4.78 is 1.64. The molecule has 2 heterocycles. The van der Waals surface area contributed by atoms with Gasteiger partial charge in [-0.1, -0.05) is 5.21 Å². The van der Waals surface area contributed by atoms with E-state index in [1.54, 1.807) is 31.0 Å². The van der Waals surface area contributed by atoms with E-state index in [1.807, 2.05) is 0 Å². The Morgan fingerprint density at radius 1 is 1.54 bits per heavy atom. The Kier molecular flexibility index (Phi) is 5.60. The molecule has 11 heteroatoms. The number of nitrogens with one attached hydrogen (secondary N) is 2. The number of hydrogen-bond acceptors (Lipinski definition) is 9. The predicted molar refractivity (Wildman–Crippen MR) is 86.1 cm³/mol. The molecule has 0 aromatic carbocycles. The molecule has 0 radical (unpaired) electrons. The number of anilines is 1. The third-order valence-electron chi connectivity index (χ3n) is 3.14. The number of hydrogen-bond donors (Lipinski definition) is 3. The molecule has 0 fully saturated rings. The number of nitrogens with two attached hydrogens (primary N) is 1. The fourth-order valence-corrected chi connectivity index (χ4v) is 1.97. The van der Waals surface area contributed by atoms with Crippen LogP contribution in [0.3, 0.4) is 0 Å². The van der Waals surface area contributed by atoms with Crippen molar-refractivity contribution in [1.29, 1.82) is 0 Å². The first-order valence-corrected chi connectivity index (χ1v) is 7.22. The molecular weight excluding hydrogens is 314 g/mol. The van der Waals surface area contributed by atoms with Crippen molar-refractivity contribution in [1.82, 2.24) is 35.6 Å². The summed E-state index contributed by atoms with van der Waals surface area (Å²) in [4.78, 5) is 18.1. The van der Waals surface area contributed by atoms with Gasteiger partial charge in [0.15, 0.2) is 5.82 Å². The summed E-state index contributed by atoms with van der Waals surface area (Å²) in [5.41, 5.74) is 7.37. The van der Waals surface area contributed by atoms with Gasteiger partial charge in [-0.3, -0.25) is 10.1 Å². The maximum Gasteiger partial charge on any atom is 0.274 e. The molecule has 0 aliphatic carbocycles. The van der Waals surface area contributed by atoms with Gasteiger partial charge in [0.1, 0.15) is 11.6 Å². The topological polar surface area (TPSA) is 150 Å². The molecule has 0 saturated heterocycles. The fourth-order valence-electron chi connectivity index (χ4n) is 1.97. The molecule has 128 valence electrons. The molecule has 0 bridgehead atoms. The molecule has 2 rings (SSSR count). The van der Waals surface area contributed by atoms with Gasteiger partial charge in [-0.05, 0) is 6.92 Å². The van der Waals surface area contributed by atoms with Gasteiger partial charge < -0.3 is 16.4 Å². The minimum atomic E-state index is -0.525. The van der Waals surface area contributed by atoms with Gasteiger partial charge in [0.25, 0.3) is 6.20 Å². The highest BCUT2D eigenvalue weighted by atomic mass is 16.6. The van der Waals surface area contributed by atoms with Crippen molar-refractivity contribution in [2.24, 2.45) is 0 Å². The van der Waals surface area contributed by atoms with Gasteiger partial charge in [-0.2, -0.15) is 0 Å². The van der Waals surface area contributed by atoms with E-state index < -0.39 is 4.92 Å². The second-order valence-electron chi connectivity index (χ2n) is 4.99. The molecule has 0 atom stereocenters. The maximum atomic E-state index is 10.4. The zero-order valence-electron chi connectivity index (χ0n) is 13.4. The van der Waals surface area contributed by atoms with E-state index in [4.69, 9.17) is 5.73 Å². The Morgan fingerprint density at radius 3 is 3.00 bits per heavy atom. The number of aromatic nitrogens is 5. The maximum absolute atomic E-state index is 10.4. The van der Waals surface area contributed by atoms with Gasteiger partial charge in [0, 0.05) is 38.0 Å². The molecule has 0 unspecified atom stereocenters. The van der Waals surface area contributed by atoms with Gasteiger partial charge in [-0.25, -0.2) is 14.6 Å². The van der Waals surface area contributed by atoms with Crippen LogP contribution in [0.15, 0.2) is 24.4 Å². The second kappa shape index (κ2) is 7.85. The van der Waals surface area contributed by atoms with Crippen LogP contribution in [0.25, 0.3) is 0 Å². The van der Waals surface area contributed by atoms with E-state index in [2.05, 4.69) is 30.9 Å². The van der Waals surface area contributed by atoms with Crippen molar-refractivity contribution in [3.8, 4) is 0 Å². The summed E-state index contributed by atoms with van der Waals surface area (Å²) in [6, 6.07) is 0. The number of nitro groups is 1. The Morgan fingerprint density at radius 2 is 2.33 bits per heavy atom. The molecule has 0 spiro atoms. The average molecular weight is 333 g/mol. The van der Waals surface area contributed by atoms with Gasteiger partial charge in [0.2, 0.25) is 0 Å². The first-order valence-electron chi connectivity index (χ1n) is 7.22. The zero-order valence-corrected chi connectivity index (χ0v) is 13.4. The van der Waals surface area contributed by atoms with Crippen LogP contribution in [-0.4, -0.2) is 43.5 Å². The highest BCUT2D eigenvalue weighted by molar-refractivity contribution is 5.37. The molecular formula is C13H19N9O2. The molecule has 2 aromatic rings. The second-order valence-corrected chi connectivity index (χ2v) is 4.99. The Hall–Kier alpha value is -3.24. The lowest BCUT2D eigenvalue weighted by Gasteiger charge is -2.06. The summed E-state index contributed by atoms with van der Waals surface area (Å²) in [7, 11) is 1.60. The van der Waals surface area contributed by atoms with Crippen molar-refractivity contribution in [3.05, 3.63) is 51.6 Å². The lowest BCUT2D eigenvalue weighted by molar-refractivity contribution is -0.404. The first kappa shape index (κ1) is 17.1. The molecule has 24 heavy (non-hydrogen) atoms. The summed E-state index contributed by atoms with van der Waals surface area (Å²) in [5, 5.41) is 24.1. The third-order valence-corrected chi connectivity index (χ3v) is 3.14. The number of nitrogen functional groups attached to an aromatic ring is 1. The summed E-state index contributed by atoms with van der Waals surface area (Å²) >= 11 is 0. The Balaban J connectivity index is 1.90. The van der Waals surface area contributed by atoms with E-state index in [-0.39, 0.29) is 0 Å². The summed E-state index contributed by atoms with van der Waals surface area (Å²) in [6.07, 6.45) is 4.90. The third kappa shape index (κ3) is 4.90. The first-order chi connectivity index (χ1) is 11.5. The lowest BCUT2D eigenvalue weighted by Crippen LogP contribution is -2.26. The lowest BCUT2D eigenvalue weighted by atomic mass is 10.3. The van der Waals surface area contributed by atoms with Crippen LogP contribution < -0.4 is 16.4 Å². The largest absolute Gasteiger partial charge is 0.383 e. The smallest absolute Gasteiger partial charge is 0.274 e. The minimum absolute atomic E-state index is 0.331. The predicted octanol–water partition coefficient (Wildman–Crippen LogP) is -0.566. The van der Waals surface area contributed by atoms with Crippen molar-refractivity contribution in [3.63, 3.8) is 0 Å². The van der Waals surface area contributed by atoms with E-state index in [9.17, 15) is 10.1 Å². The van der Waals surface area contributed by atoms with Crippen molar-refractivity contribution in [2.45, 2.75) is 19.9 Å². The van der Waals surface area contributed by atoms with E-state index >= 15 is 0 Å². The zero-order chi connectivity index (χ0) is 17.5. The quantitative estimate of drug-likeness (QED) is 0.426. The Bertz CT molecular complexity index is 741. The number of nitrogens with zero attached hydrogens (tertiary/aromatic N) is 6. The van der Waals surface area contributed by atoms with E-state index in [0.717, 1.165) is 17.5 Å². The molecule has 0 amide bonds. The standard InChI is InChI=1S/C13H19N9O2/c1-9-17-5-10(13(14)18-9)6-21-7-11(19-20-21)3-4-16-12(15-2)8-22(23)24/h5,7-8,15-16H,3-4,6H2,1-2H3,(H2,14,17,18)/b12-8+. The molecule has 0 aliphatic heterocycles. The summed E-state index contributed by atoms with van der Waals surface area (Å²) in [6.45, 7) is 2.68. The average Bonchev–Trinajstić information content (AvgIpc) is 2.96. The monoisotopic (exact) mass is 333 g/mol. The van der Waals surface area contributed by atoms with Crippen molar-refractivity contribution >= 4 is 5.82 Å². The molecule has 2 aromatic heterocycles. The fraction of sp³-hybridized carbons (Fsp3) is 0.385. The Labute approximate surface area is 138 Å². The number of aryl methyl sites for hydroxylation is 1. The van der Waals surface area contributed by atoms with Crippen LogP contribution >= 0.6 is 0 Å². The molecule has 11 nitrogen and oxygen atoms in total. The highest BCUT2D eigenvalue weighted by Gasteiger charge is 2.07. The summed E-state index contributed by atoms with van der Waals surface area (Å²) in [5.74, 6) is 1.37. The van der Waals surface area contributed by atoms with Gasteiger partial charge >= 0.3 is 0 Å². The normalized spacial score (nSPS) is 11.3. The van der Waals surface area contributed by atoms with Crippen LogP contribution in [0.1, 0.15) is 17.1 Å². The van der Waals surface area contributed by atoms with Crippen LogP contribution in [0, 0.1) is 17.0 Å². The molecule has 4 N–H and O–H groups in total. The van der Waals surface area contributed by atoms with E-state index in [1.165, 1.54) is 0 Å². The van der Waals surface area contributed by atoms with Gasteiger partial charge in [-0.15, -0.1) is 5.10 Å².